The normalized spacial score (nSPS) is 15.5. The summed E-state index contributed by atoms with van der Waals surface area (Å²) in [6.45, 7) is 0.419. The molecular formula is C8H6O2S. The van der Waals surface area contributed by atoms with Gasteiger partial charge in [-0.15, -0.1) is 0 Å². The van der Waals surface area contributed by atoms with Crippen LogP contribution in [-0.2, 0) is 11.3 Å². The fourth-order valence-electron chi connectivity index (χ4n) is 0.979. The third-order valence-corrected chi connectivity index (χ3v) is 2.41. The molecular weight excluding hydrogens is 160 g/mol. The summed E-state index contributed by atoms with van der Waals surface area (Å²) in [5.41, 5.74) is 1.09. The first-order valence-electron chi connectivity index (χ1n) is 3.29. The van der Waals surface area contributed by atoms with E-state index in [-0.39, 0.29) is 5.30 Å². The molecule has 0 atom stereocenters. The number of carbonyl (C=O) groups is 1. The van der Waals surface area contributed by atoms with Gasteiger partial charge >= 0.3 is 5.30 Å². The monoisotopic (exact) mass is 166 g/mol. The van der Waals surface area contributed by atoms with E-state index < -0.39 is 0 Å². The third kappa shape index (κ3) is 1.24. The Morgan fingerprint density at radius 1 is 1.36 bits per heavy atom. The number of thioether (sulfide) groups is 1. The summed E-state index contributed by atoms with van der Waals surface area (Å²) in [6.07, 6.45) is 0. The molecule has 0 saturated carbocycles. The summed E-state index contributed by atoms with van der Waals surface area (Å²) < 4.78 is 4.83. The van der Waals surface area contributed by atoms with Gasteiger partial charge in [0.15, 0.2) is 0 Å². The van der Waals surface area contributed by atoms with Crippen molar-refractivity contribution >= 4 is 17.1 Å². The standard InChI is InChI=1S/C8H6O2S/c9-8-10-5-6-3-1-2-4-7(6)11-8/h1-4H,5H2. The second-order valence-electron chi connectivity index (χ2n) is 2.25. The van der Waals surface area contributed by atoms with Crippen molar-refractivity contribution in [2.75, 3.05) is 0 Å². The summed E-state index contributed by atoms with van der Waals surface area (Å²) in [4.78, 5) is 11.8. The molecule has 0 bridgehead atoms. The van der Waals surface area contributed by atoms with Crippen molar-refractivity contribution in [3.8, 4) is 0 Å². The van der Waals surface area contributed by atoms with Crippen LogP contribution in [0.15, 0.2) is 29.2 Å². The Hall–Kier alpha value is -0.960. The van der Waals surface area contributed by atoms with E-state index in [2.05, 4.69) is 0 Å². The van der Waals surface area contributed by atoms with Crippen LogP contribution in [0.3, 0.4) is 0 Å². The number of ether oxygens (including phenoxy) is 1. The SMILES string of the molecule is O=C1OCc2ccccc2S1. The van der Waals surface area contributed by atoms with E-state index in [9.17, 15) is 4.79 Å². The highest BCUT2D eigenvalue weighted by atomic mass is 32.2. The zero-order chi connectivity index (χ0) is 7.68. The molecule has 0 spiro atoms. The second-order valence-corrected chi connectivity index (χ2v) is 3.23. The molecule has 1 aliphatic heterocycles. The Bertz CT molecular complexity index is 296. The van der Waals surface area contributed by atoms with Gasteiger partial charge < -0.3 is 4.74 Å². The molecule has 0 aliphatic carbocycles. The van der Waals surface area contributed by atoms with Crippen molar-refractivity contribution in [2.45, 2.75) is 11.5 Å². The lowest BCUT2D eigenvalue weighted by molar-refractivity contribution is 0.165. The number of fused-ring (bicyclic) bond motifs is 1. The van der Waals surface area contributed by atoms with Crippen LogP contribution in [0.1, 0.15) is 5.56 Å². The van der Waals surface area contributed by atoms with Crippen LogP contribution in [0.2, 0.25) is 0 Å². The minimum atomic E-state index is -0.205. The zero-order valence-corrected chi connectivity index (χ0v) is 6.56. The van der Waals surface area contributed by atoms with E-state index in [1.54, 1.807) is 0 Å². The summed E-state index contributed by atoms with van der Waals surface area (Å²) in [5, 5.41) is -0.205. The molecule has 2 nitrogen and oxygen atoms in total. The molecule has 2 rings (SSSR count). The molecule has 1 heterocycles. The van der Waals surface area contributed by atoms with Crippen LogP contribution in [-0.4, -0.2) is 5.30 Å². The van der Waals surface area contributed by atoms with Crippen LogP contribution >= 0.6 is 11.8 Å². The molecule has 1 aromatic rings. The van der Waals surface area contributed by atoms with Gasteiger partial charge in [0.1, 0.15) is 6.61 Å². The molecule has 0 aromatic heterocycles. The first-order valence-corrected chi connectivity index (χ1v) is 4.10. The lowest BCUT2D eigenvalue weighted by atomic mass is 10.2. The summed E-state index contributed by atoms with van der Waals surface area (Å²) >= 11 is 1.15. The topological polar surface area (TPSA) is 26.3 Å². The molecule has 1 aromatic carbocycles. The van der Waals surface area contributed by atoms with Crippen molar-refractivity contribution in [1.29, 1.82) is 0 Å². The van der Waals surface area contributed by atoms with Gasteiger partial charge in [-0.2, -0.15) is 0 Å². The molecule has 56 valence electrons. The van der Waals surface area contributed by atoms with Gasteiger partial charge in [0.25, 0.3) is 0 Å². The fourth-order valence-corrected chi connectivity index (χ4v) is 1.68. The fraction of sp³-hybridized carbons (Fsp3) is 0.125. The highest BCUT2D eigenvalue weighted by Crippen LogP contribution is 2.29. The van der Waals surface area contributed by atoms with Crippen molar-refractivity contribution in [2.24, 2.45) is 0 Å². The predicted molar refractivity (Wildman–Crippen MR) is 42.5 cm³/mol. The lowest BCUT2D eigenvalue weighted by Gasteiger charge is -2.13. The van der Waals surface area contributed by atoms with Gasteiger partial charge in [-0.05, 0) is 17.8 Å². The van der Waals surface area contributed by atoms with E-state index in [4.69, 9.17) is 4.74 Å². The number of hydrogen-bond donors (Lipinski definition) is 0. The molecule has 0 amide bonds. The van der Waals surface area contributed by atoms with Gasteiger partial charge in [-0.3, -0.25) is 0 Å². The van der Waals surface area contributed by atoms with Crippen LogP contribution in [0, 0.1) is 0 Å². The van der Waals surface area contributed by atoms with Crippen LogP contribution < -0.4 is 0 Å². The van der Waals surface area contributed by atoms with E-state index >= 15 is 0 Å². The van der Waals surface area contributed by atoms with Gasteiger partial charge in [0, 0.05) is 10.5 Å². The Morgan fingerprint density at radius 2 is 2.18 bits per heavy atom. The maximum atomic E-state index is 10.8. The molecule has 0 N–H and O–H groups in total. The van der Waals surface area contributed by atoms with Gasteiger partial charge in [-0.25, -0.2) is 4.79 Å². The average molecular weight is 166 g/mol. The van der Waals surface area contributed by atoms with Crippen molar-refractivity contribution < 1.29 is 9.53 Å². The number of carbonyl (C=O) groups excluding carboxylic acids is 1. The van der Waals surface area contributed by atoms with Crippen molar-refractivity contribution in [3.63, 3.8) is 0 Å². The summed E-state index contributed by atoms with van der Waals surface area (Å²) in [5.74, 6) is 0. The van der Waals surface area contributed by atoms with E-state index in [0.29, 0.717) is 6.61 Å². The highest BCUT2D eigenvalue weighted by molar-refractivity contribution is 8.13. The van der Waals surface area contributed by atoms with Gasteiger partial charge in [-0.1, -0.05) is 18.2 Å². The Kier molecular flexibility index (Phi) is 1.58. The zero-order valence-electron chi connectivity index (χ0n) is 5.74. The molecule has 0 saturated heterocycles. The lowest BCUT2D eigenvalue weighted by Crippen LogP contribution is -2.05. The number of cyclic esters (lactones) is 1. The van der Waals surface area contributed by atoms with Gasteiger partial charge in [0.05, 0.1) is 0 Å². The number of hydrogen-bond acceptors (Lipinski definition) is 3. The first kappa shape index (κ1) is 6.73. The largest absolute Gasteiger partial charge is 0.452 e. The number of rotatable bonds is 0. The Balaban J connectivity index is 2.41. The molecule has 1 aliphatic rings. The quantitative estimate of drug-likeness (QED) is 0.554. The van der Waals surface area contributed by atoms with Gasteiger partial charge in [0.2, 0.25) is 0 Å². The van der Waals surface area contributed by atoms with E-state index in [1.807, 2.05) is 24.3 Å². The first-order chi connectivity index (χ1) is 5.36. The van der Waals surface area contributed by atoms with E-state index in [1.165, 1.54) is 0 Å². The Labute approximate surface area is 68.6 Å². The minimum absolute atomic E-state index is 0.205. The minimum Gasteiger partial charge on any atom is -0.452 e. The molecule has 0 fully saturated rings. The third-order valence-electron chi connectivity index (χ3n) is 1.51. The second kappa shape index (κ2) is 2.58. The average Bonchev–Trinajstić information content (AvgIpc) is 2.04. The molecule has 0 radical (unpaired) electrons. The van der Waals surface area contributed by atoms with Crippen molar-refractivity contribution in [1.82, 2.24) is 0 Å². The maximum Gasteiger partial charge on any atom is 0.372 e. The van der Waals surface area contributed by atoms with Crippen molar-refractivity contribution in [3.05, 3.63) is 29.8 Å². The summed E-state index contributed by atoms with van der Waals surface area (Å²) in [6, 6.07) is 7.76. The van der Waals surface area contributed by atoms with E-state index in [0.717, 1.165) is 22.2 Å². The molecule has 11 heavy (non-hydrogen) atoms. The Morgan fingerprint density at radius 3 is 3.09 bits per heavy atom. The smallest absolute Gasteiger partial charge is 0.372 e. The highest BCUT2D eigenvalue weighted by Gasteiger charge is 2.15. The van der Waals surface area contributed by atoms with Crippen LogP contribution in [0.25, 0.3) is 0 Å². The summed E-state index contributed by atoms with van der Waals surface area (Å²) in [7, 11) is 0. The maximum absolute atomic E-state index is 10.8. The molecule has 0 unspecified atom stereocenters. The van der Waals surface area contributed by atoms with Crippen LogP contribution in [0.4, 0.5) is 4.79 Å². The predicted octanol–water partition coefficient (Wildman–Crippen LogP) is 2.43. The number of benzene rings is 1. The molecule has 3 heteroatoms. The van der Waals surface area contributed by atoms with Crippen LogP contribution in [0.5, 0.6) is 0 Å².